The molecule has 0 bridgehead atoms. The average molecular weight is 308 g/mol. The summed E-state index contributed by atoms with van der Waals surface area (Å²) in [5.74, 6) is -1.43. The summed E-state index contributed by atoms with van der Waals surface area (Å²) in [4.78, 5) is 33.7. The predicted molar refractivity (Wildman–Crippen MR) is 80.8 cm³/mol. The number of carbonyl (C=O) groups is 3. The van der Waals surface area contributed by atoms with Crippen molar-refractivity contribution in [2.24, 2.45) is 0 Å². The second-order valence-corrected chi connectivity index (χ2v) is 4.62. The Balaban J connectivity index is 2.43. The smallest absolute Gasteiger partial charge is 0.305 e. The summed E-state index contributed by atoms with van der Waals surface area (Å²) in [6.07, 6.45) is 0.888. The summed E-state index contributed by atoms with van der Waals surface area (Å²) in [7, 11) is 1.58. The van der Waals surface area contributed by atoms with Gasteiger partial charge in [-0.05, 0) is 30.7 Å². The second kappa shape index (κ2) is 9.51. The summed E-state index contributed by atoms with van der Waals surface area (Å²) in [5.41, 5.74) is 1.01. The standard InChI is InChI=1S/C15H20N2O5/c1-22-10-2-3-13(18)17-12-6-4-11(5-7-12)15(21)16-9-8-14(19)20/h4-7H,2-3,8-10H2,1H3,(H,16,21)(H,17,18)(H,19,20). The third-order valence-corrected chi connectivity index (χ3v) is 2.81. The van der Waals surface area contributed by atoms with Crippen LogP contribution in [0.25, 0.3) is 0 Å². The van der Waals surface area contributed by atoms with Gasteiger partial charge in [-0.1, -0.05) is 0 Å². The molecule has 0 heterocycles. The SMILES string of the molecule is COCCCC(=O)Nc1ccc(C(=O)NCCC(=O)O)cc1. The van der Waals surface area contributed by atoms with Gasteiger partial charge in [0.25, 0.3) is 5.91 Å². The Morgan fingerprint density at radius 1 is 1.14 bits per heavy atom. The van der Waals surface area contributed by atoms with Crippen molar-refractivity contribution in [3.63, 3.8) is 0 Å². The highest BCUT2D eigenvalue weighted by molar-refractivity contribution is 5.95. The van der Waals surface area contributed by atoms with Crippen LogP contribution < -0.4 is 10.6 Å². The van der Waals surface area contributed by atoms with Crippen molar-refractivity contribution in [3.05, 3.63) is 29.8 Å². The van der Waals surface area contributed by atoms with E-state index in [2.05, 4.69) is 10.6 Å². The zero-order chi connectivity index (χ0) is 16.4. The molecule has 2 amide bonds. The molecular weight excluding hydrogens is 288 g/mol. The van der Waals surface area contributed by atoms with Crippen LogP contribution in [0.1, 0.15) is 29.6 Å². The minimum absolute atomic E-state index is 0.0755. The average Bonchev–Trinajstić information content (AvgIpc) is 2.47. The van der Waals surface area contributed by atoms with Gasteiger partial charge in [-0.15, -0.1) is 0 Å². The maximum absolute atomic E-state index is 11.7. The number of amides is 2. The number of ether oxygens (including phenoxy) is 1. The monoisotopic (exact) mass is 308 g/mol. The Morgan fingerprint density at radius 2 is 1.82 bits per heavy atom. The normalized spacial score (nSPS) is 10.0. The Kier molecular flexibility index (Phi) is 7.63. The van der Waals surface area contributed by atoms with Gasteiger partial charge < -0.3 is 20.5 Å². The van der Waals surface area contributed by atoms with Gasteiger partial charge in [0.05, 0.1) is 6.42 Å². The van der Waals surface area contributed by atoms with Crippen LogP contribution in [-0.2, 0) is 14.3 Å². The lowest BCUT2D eigenvalue weighted by molar-refractivity contribution is -0.136. The van der Waals surface area contributed by atoms with E-state index in [9.17, 15) is 14.4 Å². The van der Waals surface area contributed by atoms with Crippen molar-refractivity contribution in [1.82, 2.24) is 5.32 Å². The van der Waals surface area contributed by atoms with E-state index in [-0.39, 0.29) is 24.8 Å². The molecule has 0 fully saturated rings. The van der Waals surface area contributed by atoms with E-state index in [0.717, 1.165) is 0 Å². The molecular formula is C15H20N2O5. The molecule has 0 unspecified atom stereocenters. The molecule has 0 atom stereocenters. The fourth-order valence-corrected chi connectivity index (χ4v) is 1.69. The summed E-state index contributed by atoms with van der Waals surface area (Å²) in [6, 6.07) is 6.39. The Hall–Kier alpha value is -2.41. The first-order chi connectivity index (χ1) is 10.5. The molecule has 1 aromatic rings. The Labute approximate surface area is 128 Å². The van der Waals surface area contributed by atoms with Crippen molar-refractivity contribution in [3.8, 4) is 0 Å². The number of carbonyl (C=O) groups excluding carboxylic acids is 2. The molecule has 0 spiro atoms. The van der Waals surface area contributed by atoms with Crippen molar-refractivity contribution in [1.29, 1.82) is 0 Å². The maximum atomic E-state index is 11.7. The van der Waals surface area contributed by atoms with Crippen LogP contribution in [-0.4, -0.2) is 43.2 Å². The van der Waals surface area contributed by atoms with Crippen molar-refractivity contribution < 1.29 is 24.2 Å². The number of benzene rings is 1. The van der Waals surface area contributed by atoms with Gasteiger partial charge in [0.1, 0.15) is 0 Å². The summed E-state index contributed by atoms with van der Waals surface area (Å²) >= 11 is 0. The first kappa shape index (κ1) is 17.6. The Bertz CT molecular complexity index is 513. The molecule has 3 N–H and O–H groups in total. The van der Waals surface area contributed by atoms with Gasteiger partial charge >= 0.3 is 5.97 Å². The number of rotatable bonds is 9. The van der Waals surface area contributed by atoms with Gasteiger partial charge in [0, 0.05) is 37.9 Å². The molecule has 0 saturated heterocycles. The highest BCUT2D eigenvalue weighted by atomic mass is 16.5. The molecule has 0 aromatic heterocycles. The molecule has 1 aromatic carbocycles. The minimum atomic E-state index is -0.966. The molecule has 0 saturated carbocycles. The van der Waals surface area contributed by atoms with Crippen LogP contribution in [0, 0.1) is 0 Å². The molecule has 22 heavy (non-hydrogen) atoms. The number of carboxylic acids is 1. The van der Waals surface area contributed by atoms with Crippen LogP contribution in [0.15, 0.2) is 24.3 Å². The number of hydrogen-bond acceptors (Lipinski definition) is 4. The lowest BCUT2D eigenvalue weighted by atomic mass is 10.2. The van der Waals surface area contributed by atoms with Crippen molar-refractivity contribution in [2.75, 3.05) is 25.6 Å². The minimum Gasteiger partial charge on any atom is -0.481 e. The Morgan fingerprint density at radius 3 is 2.41 bits per heavy atom. The summed E-state index contributed by atoms with van der Waals surface area (Å²) in [6.45, 7) is 0.606. The van der Waals surface area contributed by atoms with Crippen molar-refractivity contribution >= 4 is 23.5 Å². The molecule has 0 radical (unpaired) electrons. The number of methoxy groups -OCH3 is 1. The topological polar surface area (TPSA) is 105 Å². The van der Waals surface area contributed by atoms with E-state index in [4.69, 9.17) is 9.84 Å². The van der Waals surface area contributed by atoms with E-state index < -0.39 is 5.97 Å². The van der Waals surface area contributed by atoms with E-state index >= 15 is 0 Å². The van der Waals surface area contributed by atoms with Crippen LogP contribution in [0.3, 0.4) is 0 Å². The third kappa shape index (κ3) is 6.85. The van der Waals surface area contributed by atoms with E-state index in [1.807, 2.05) is 0 Å². The molecule has 0 aliphatic carbocycles. The van der Waals surface area contributed by atoms with Gasteiger partial charge in [0.2, 0.25) is 5.91 Å². The van der Waals surface area contributed by atoms with Crippen LogP contribution in [0.2, 0.25) is 0 Å². The first-order valence-electron chi connectivity index (χ1n) is 6.91. The molecule has 120 valence electrons. The quantitative estimate of drug-likeness (QED) is 0.596. The number of hydrogen-bond donors (Lipinski definition) is 3. The van der Waals surface area contributed by atoms with Gasteiger partial charge in [-0.25, -0.2) is 0 Å². The van der Waals surface area contributed by atoms with Gasteiger partial charge in [-0.2, -0.15) is 0 Å². The lowest BCUT2D eigenvalue weighted by Crippen LogP contribution is -2.25. The number of anilines is 1. The first-order valence-corrected chi connectivity index (χ1v) is 6.91. The van der Waals surface area contributed by atoms with Crippen LogP contribution in [0.4, 0.5) is 5.69 Å². The highest BCUT2D eigenvalue weighted by Crippen LogP contribution is 2.10. The second-order valence-electron chi connectivity index (χ2n) is 4.62. The number of carboxylic acid groups (broad SMARTS) is 1. The summed E-state index contributed by atoms with van der Waals surface area (Å²) < 4.78 is 4.87. The zero-order valence-corrected chi connectivity index (χ0v) is 12.4. The molecule has 0 aliphatic heterocycles. The van der Waals surface area contributed by atoms with Crippen molar-refractivity contribution in [2.45, 2.75) is 19.3 Å². The van der Waals surface area contributed by atoms with Crippen LogP contribution in [0.5, 0.6) is 0 Å². The van der Waals surface area contributed by atoms with Gasteiger partial charge in [-0.3, -0.25) is 14.4 Å². The molecule has 1 rings (SSSR count). The van der Waals surface area contributed by atoms with E-state index in [1.165, 1.54) is 0 Å². The third-order valence-electron chi connectivity index (χ3n) is 2.81. The summed E-state index contributed by atoms with van der Waals surface area (Å²) in [5, 5.41) is 13.7. The predicted octanol–water partition coefficient (Wildman–Crippen LogP) is 1.26. The lowest BCUT2D eigenvalue weighted by Gasteiger charge is -2.07. The zero-order valence-electron chi connectivity index (χ0n) is 12.4. The fraction of sp³-hybridized carbons (Fsp3) is 0.400. The van der Waals surface area contributed by atoms with Crippen LogP contribution >= 0.6 is 0 Å². The van der Waals surface area contributed by atoms with E-state index in [1.54, 1.807) is 31.4 Å². The number of aliphatic carboxylic acids is 1. The molecule has 7 heteroatoms. The fourth-order valence-electron chi connectivity index (χ4n) is 1.69. The largest absolute Gasteiger partial charge is 0.481 e. The number of nitrogens with one attached hydrogen (secondary N) is 2. The highest BCUT2D eigenvalue weighted by Gasteiger charge is 2.07. The molecule has 7 nitrogen and oxygen atoms in total. The van der Waals surface area contributed by atoms with Gasteiger partial charge in [0.15, 0.2) is 0 Å². The molecule has 0 aliphatic rings. The maximum Gasteiger partial charge on any atom is 0.305 e. The van der Waals surface area contributed by atoms with E-state index in [0.29, 0.717) is 30.7 Å².